The molecule has 3 aliphatic carbocycles. The molecule has 1 spiro atoms. The minimum atomic E-state index is -0.0913. The normalized spacial score (nSPS) is 24.6. The Morgan fingerprint density at radius 2 is 1.38 bits per heavy atom. The maximum Gasteiger partial charge on any atom is 0.161 e. The Kier molecular flexibility index (Phi) is 4.11. The van der Waals surface area contributed by atoms with Gasteiger partial charge in [0, 0.05) is 10.8 Å². The van der Waals surface area contributed by atoms with Crippen LogP contribution in [0.2, 0.25) is 0 Å². The first-order valence-corrected chi connectivity index (χ1v) is 11.2. The quantitative estimate of drug-likeness (QED) is 0.576. The van der Waals surface area contributed by atoms with Crippen LogP contribution in [0, 0.1) is 11.8 Å². The number of rotatable bonds is 4. The van der Waals surface area contributed by atoms with Crippen molar-refractivity contribution in [2.24, 2.45) is 11.8 Å². The van der Waals surface area contributed by atoms with Gasteiger partial charge in [0.25, 0.3) is 0 Å². The van der Waals surface area contributed by atoms with Crippen LogP contribution in [0.25, 0.3) is 21.9 Å². The van der Waals surface area contributed by atoms with E-state index in [2.05, 4.69) is 12.1 Å². The van der Waals surface area contributed by atoms with Gasteiger partial charge < -0.3 is 24.1 Å². The summed E-state index contributed by atoms with van der Waals surface area (Å²) in [5, 5.41) is 12.9. The highest BCUT2D eigenvalue weighted by molar-refractivity contribution is 6.07. The van der Waals surface area contributed by atoms with E-state index in [4.69, 9.17) is 18.9 Å². The molecule has 0 amide bonds. The number of aromatic hydroxyl groups is 1. The summed E-state index contributed by atoms with van der Waals surface area (Å²) in [6.45, 7) is 0. The van der Waals surface area contributed by atoms with Gasteiger partial charge in [-0.05, 0) is 89.1 Å². The lowest BCUT2D eigenvalue weighted by Gasteiger charge is -2.36. The number of methoxy groups -OCH3 is 4. The van der Waals surface area contributed by atoms with Gasteiger partial charge in [0.15, 0.2) is 23.0 Å². The van der Waals surface area contributed by atoms with Gasteiger partial charge in [-0.1, -0.05) is 6.42 Å². The summed E-state index contributed by atoms with van der Waals surface area (Å²) < 4.78 is 22.5. The first-order chi connectivity index (χ1) is 15.5. The van der Waals surface area contributed by atoms with E-state index in [9.17, 15) is 5.11 Å². The average molecular weight is 433 g/mol. The molecule has 1 N–H and O–H groups in total. The van der Waals surface area contributed by atoms with Crippen molar-refractivity contribution < 1.29 is 24.1 Å². The molecule has 32 heavy (non-hydrogen) atoms. The van der Waals surface area contributed by atoms with E-state index < -0.39 is 0 Å². The fourth-order valence-corrected chi connectivity index (χ4v) is 6.96. The van der Waals surface area contributed by atoms with Crippen LogP contribution in [-0.2, 0) is 5.41 Å². The maximum absolute atomic E-state index is 11.2. The molecule has 6 rings (SSSR count). The van der Waals surface area contributed by atoms with Crippen LogP contribution in [0.4, 0.5) is 0 Å². The van der Waals surface area contributed by atoms with E-state index in [1.54, 1.807) is 28.4 Å². The maximum atomic E-state index is 11.2. The minimum Gasteiger partial charge on any atom is -0.507 e. The summed E-state index contributed by atoms with van der Waals surface area (Å²) in [6.07, 6.45) is 4.89. The molecule has 3 atom stereocenters. The molecular formula is C27H28O5. The van der Waals surface area contributed by atoms with Gasteiger partial charge in [0.1, 0.15) is 5.75 Å². The van der Waals surface area contributed by atoms with Gasteiger partial charge in [-0.25, -0.2) is 0 Å². The van der Waals surface area contributed by atoms with Gasteiger partial charge in [0.05, 0.1) is 28.4 Å². The minimum absolute atomic E-state index is 0.0913. The molecule has 5 nitrogen and oxygen atoms in total. The molecule has 0 aromatic heterocycles. The molecule has 0 heterocycles. The second-order valence-electron chi connectivity index (χ2n) is 9.38. The lowest BCUT2D eigenvalue weighted by molar-refractivity contribution is 0.321. The van der Waals surface area contributed by atoms with Crippen molar-refractivity contribution in [2.75, 3.05) is 28.4 Å². The van der Waals surface area contributed by atoms with Crippen LogP contribution in [0.5, 0.6) is 28.7 Å². The molecule has 5 heteroatoms. The Balaban J connectivity index is 1.75. The number of phenols is 1. The lowest BCUT2D eigenvalue weighted by Crippen LogP contribution is -2.31. The fourth-order valence-electron chi connectivity index (χ4n) is 6.96. The van der Waals surface area contributed by atoms with E-state index in [-0.39, 0.29) is 11.2 Å². The second kappa shape index (κ2) is 6.71. The molecule has 0 radical (unpaired) electrons. The van der Waals surface area contributed by atoms with Crippen molar-refractivity contribution in [1.82, 2.24) is 0 Å². The number of fused-ring (bicyclic) bond motifs is 10. The van der Waals surface area contributed by atoms with Gasteiger partial charge in [-0.15, -0.1) is 0 Å². The van der Waals surface area contributed by atoms with Gasteiger partial charge in [-0.3, -0.25) is 0 Å². The predicted octanol–water partition coefficient (Wildman–Crippen LogP) is 5.67. The number of hydrogen-bond acceptors (Lipinski definition) is 5. The Morgan fingerprint density at radius 1 is 0.750 bits per heavy atom. The molecule has 166 valence electrons. The van der Waals surface area contributed by atoms with Crippen molar-refractivity contribution in [3.63, 3.8) is 0 Å². The van der Waals surface area contributed by atoms with Crippen molar-refractivity contribution in [2.45, 2.75) is 31.1 Å². The zero-order chi connectivity index (χ0) is 22.2. The molecule has 2 bridgehead atoms. The first kappa shape index (κ1) is 19.6. The van der Waals surface area contributed by atoms with Crippen LogP contribution in [0.1, 0.15) is 36.8 Å². The fraction of sp³-hybridized carbons (Fsp3) is 0.407. The number of phenolic OH excluding ortho intramolecular Hbond substituents is 1. The number of ether oxygens (including phenoxy) is 4. The van der Waals surface area contributed by atoms with Crippen LogP contribution < -0.4 is 18.9 Å². The molecule has 2 fully saturated rings. The second-order valence-corrected chi connectivity index (χ2v) is 9.38. The standard InChI is InChI=1S/C27H28O5/c1-29-22-8-16-17(9-23(22)30-2)26-18-10-24(31-3)25(32-4)12-19(18)27(20(26)11-21(16)28)13-14-5-6-15(27)7-14/h8-12,14-15,28H,5-7,13H2,1-4H3. The Bertz CT molecular complexity index is 1260. The number of benzene rings is 3. The van der Waals surface area contributed by atoms with Crippen LogP contribution in [0.15, 0.2) is 30.3 Å². The van der Waals surface area contributed by atoms with Crippen LogP contribution >= 0.6 is 0 Å². The third-order valence-electron chi connectivity index (χ3n) is 8.22. The SMILES string of the molecule is COc1cc2c(cc1OC)C1(CC3CCC1C3)c1cc(O)c3cc(OC)c(OC)cc3c1-2. The smallest absolute Gasteiger partial charge is 0.161 e. The van der Waals surface area contributed by atoms with Crippen molar-refractivity contribution in [3.8, 4) is 39.9 Å². The monoisotopic (exact) mass is 432 g/mol. The summed E-state index contributed by atoms with van der Waals surface area (Å²) in [5.41, 5.74) is 4.78. The number of hydrogen-bond donors (Lipinski definition) is 1. The Morgan fingerprint density at radius 3 is 1.97 bits per heavy atom. The molecule has 3 aromatic rings. The van der Waals surface area contributed by atoms with Gasteiger partial charge in [0.2, 0.25) is 0 Å². The Hall–Kier alpha value is -3.08. The van der Waals surface area contributed by atoms with Gasteiger partial charge >= 0.3 is 0 Å². The summed E-state index contributed by atoms with van der Waals surface area (Å²) in [6, 6.07) is 10.2. The van der Waals surface area contributed by atoms with E-state index >= 15 is 0 Å². The summed E-state index contributed by atoms with van der Waals surface area (Å²) in [5.74, 6) is 4.33. The largest absolute Gasteiger partial charge is 0.507 e. The van der Waals surface area contributed by atoms with E-state index in [1.807, 2.05) is 18.2 Å². The highest BCUT2D eigenvalue weighted by Gasteiger charge is 2.57. The van der Waals surface area contributed by atoms with Crippen LogP contribution in [0.3, 0.4) is 0 Å². The van der Waals surface area contributed by atoms with E-state index in [0.29, 0.717) is 17.4 Å². The topological polar surface area (TPSA) is 57.2 Å². The predicted molar refractivity (Wildman–Crippen MR) is 123 cm³/mol. The zero-order valence-corrected chi connectivity index (χ0v) is 19.0. The highest BCUT2D eigenvalue weighted by atomic mass is 16.5. The van der Waals surface area contributed by atoms with Crippen molar-refractivity contribution >= 4 is 10.8 Å². The van der Waals surface area contributed by atoms with E-state index in [1.165, 1.54) is 41.5 Å². The summed E-state index contributed by atoms with van der Waals surface area (Å²) >= 11 is 0. The summed E-state index contributed by atoms with van der Waals surface area (Å²) in [4.78, 5) is 0. The molecule has 0 aliphatic heterocycles. The van der Waals surface area contributed by atoms with Gasteiger partial charge in [-0.2, -0.15) is 0 Å². The molecular weight excluding hydrogens is 404 g/mol. The molecule has 0 saturated heterocycles. The molecule has 3 unspecified atom stereocenters. The summed E-state index contributed by atoms with van der Waals surface area (Å²) in [7, 11) is 6.63. The first-order valence-electron chi connectivity index (χ1n) is 11.2. The van der Waals surface area contributed by atoms with Crippen molar-refractivity contribution in [3.05, 3.63) is 41.5 Å². The third-order valence-corrected chi connectivity index (χ3v) is 8.22. The average Bonchev–Trinajstić information content (AvgIpc) is 3.50. The third kappa shape index (κ3) is 2.29. The highest BCUT2D eigenvalue weighted by Crippen LogP contribution is 2.68. The Labute approximate surface area is 187 Å². The van der Waals surface area contributed by atoms with E-state index in [0.717, 1.165) is 34.6 Å². The lowest BCUT2D eigenvalue weighted by atomic mass is 9.66. The van der Waals surface area contributed by atoms with Crippen molar-refractivity contribution in [1.29, 1.82) is 0 Å². The molecule has 2 saturated carbocycles. The van der Waals surface area contributed by atoms with Crippen LogP contribution in [-0.4, -0.2) is 33.5 Å². The zero-order valence-electron chi connectivity index (χ0n) is 19.0. The molecule has 3 aromatic carbocycles. The molecule has 3 aliphatic rings.